The van der Waals surface area contributed by atoms with E-state index in [1.165, 1.54) is 25.7 Å². The summed E-state index contributed by atoms with van der Waals surface area (Å²) >= 11 is 0. The first kappa shape index (κ1) is 19.2. The Morgan fingerprint density at radius 1 is 1.12 bits per heavy atom. The van der Waals surface area contributed by atoms with Crippen molar-refractivity contribution in [3.05, 3.63) is 0 Å². The molecular formula is C18H33N3O3. The summed E-state index contributed by atoms with van der Waals surface area (Å²) < 4.78 is 5.31. The molecule has 2 amide bonds. The van der Waals surface area contributed by atoms with E-state index >= 15 is 0 Å². The van der Waals surface area contributed by atoms with Crippen LogP contribution in [0.4, 0.5) is 0 Å². The monoisotopic (exact) mass is 339 g/mol. The molecule has 0 bridgehead atoms. The number of nitrogens with zero attached hydrogens (tertiary/aromatic N) is 2. The van der Waals surface area contributed by atoms with Crippen LogP contribution in [0.3, 0.4) is 0 Å². The van der Waals surface area contributed by atoms with Crippen LogP contribution in [0.1, 0.15) is 51.9 Å². The minimum atomic E-state index is 0.0446. The molecule has 1 aliphatic heterocycles. The predicted octanol–water partition coefficient (Wildman–Crippen LogP) is 1.40. The van der Waals surface area contributed by atoms with Crippen LogP contribution in [0.15, 0.2) is 0 Å². The Kier molecular flexibility index (Phi) is 8.53. The lowest BCUT2D eigenvalue weighted by Gasteiger charge is -2.30. The first-order valence-corrected chi connectivity index (χ1v) is 9.51. The minimum absolute atomic E-state index is 0.0446. The van der Waals surface area contributed by atoms with E-state index in [9.17, 15) is 9.59 Å². The predicted molar refractivity (Wildman–Crippen MR) is 93.8 cm³/mol. The first-order chi connectivity index (χ1) is 11.7. The van der Waals surface area contributed by atoms with E-state index in [1.54, 1.807) is 6.92 Å². The van der Waals surface area contributed by atoms with Crippen molar-refractivity contribution in [3.8, 4) is 0 Å². The van der Waals surface area contributed by atoms with Crippen LogP contribution >= 0.6 is 0 Å². The summed E-state index contributed by atoms with van der Waals surface area (Å²) in [6.45, 7) is 7.15. The average molecular weight is 339 g/mol. The van der Waals surface area contributed by atoms with Crippen LogP contribution in [0.2, 0.25) is 0 Å². The van der Waals surface area contributed by atoms with Crippen LogP contribution in [-0.2, 0) is 14.3 Å². The van der Waals surface area contributed by atoms with Crippen molar-refractivity contribution in [1.29, 1.82) is 0 Å². The number of carbonyl (C=O) groups is 2. The lowest BCUT2D eigenvalue weighted by Crippen LogP contribution is -2.43. The molecule has 0 aromatic rings. The van der Waals surface area contributed by atoms with Gasteiger partial charge in [0.2, 0.25) is 11.8 Å². The van der Waals surface area contributed by atoms with Gasteiger partial charge >= 0.3 is 0 Å². The molecule has 1 saturated heterocycles. The summed E-state index contributed by atoms with van der Waals surface area (Å²) in [6, 6.07) is 0.325. The maximum atomic E-state index is 12.1. The molecule has 1 aliphatic carbocycles. The van der Waals surface area contributed by atoms with Gasteiger partial charge < -0.3 is 15.0 Å². The number of morpholine rings is 1. The third-order valence-electron chi connectivity index (χ3n) is 5.10. The third kappa shape index (κ3) is 6.77. The smallest absolute Gasteiger partial charge is 0.221 e. The molecule has 1 N–H and O–H groups in total. The molecule has 0 aromatic carbocycles. The maximum absolute atomic E-state index is 12.1. The number of nitrogens with one attached hydrogen (secondary N) is 1. The molecule has 138 valence electrons. The Morgan fingerprint density at radius 3 is 2.42 bits per heavy atom. The van der Waals surface area contributed by atoms with Gasteiger partial charge in [0.15, 0.2) is 0 Å². The second-order valence-corrected chi connectivity index (χ2v) is 6.91. The van der Waals surface area contributed by atoms with Gasteiger partial charge in [-0.2, -0.15) is 0 Å². The second-order valence-electron chi connectivity index (χ2n) is 6.91. The van der Waals surface area contributed by atoms with E-state index in [0.717, 1.165) is 45.7 Å². The van der Waals surface area contributed by atoms with Gasteiger partial charge in [0.1, 0.15) is 0 Å². The fourth-order valence-electron chi connectivity index (χ4n) is 3.66. The van der Waals surface area contributed by atoms with Crippen molar-refractivity contribution >= 4 is 11.8 Å². The van der Waals surface area contributed by atoms with Gasteiger partial charge in [-0.15, -0.1) is 0 Å². The Labute approximate surface area is 145 Å². The summed E-state index contributed by atoms with van der Waals surface area (Å²) in [7, 11) is 0. The molecule has 0 atom stereocenters. The maximum Gasteiger partial charge on any atom is 0.221 e. The zero-order chi connectivity index (χ0) is 17.2. The van der Waals surface area contributed by atoms with E-state index < -0.39 is 0 Å². The summed E-state index contributed by atoms with van der Waals surface area (Å²) in [4.78, 5) is 28.3. The quantitative estimate of drug-likeness (QED) is 0.712. The van der Waals surface area contributed by atoms with Crippen LogP contribution in [-0.4, -0.2) is 73.6 Å². The van der Waals surface area contributed by atoms with E-state index in [4.69, 9.17) is 4.74 Å². The topological polar surface area (TPSA) is 61.9 Å². The Bertz CT molecular complexity index is 389. The summed E-state index contributed by atoms with van der Waals surface area (Å²) in [5.74, 6) is 0.145. The molecular weight excluding hydrogens is 306 g/mol. The zero-order valence-electron chi connectivity index (χ0n) is 15.1. The SMILES string of the molecule is CC(=O)N(CCC(=O)NCCN1CCOCC1)C1CCCCCC1. The van der Waals surface area contributed by atoms with E-state index in [2.05, 4.69) is 10.2 Å². The minimum Gasteiger partial charge on any atom is -0.379 e. The molecule has 2 aliphatic rings. The standard InChI is InChI=1S/C18H33N3O3/c1-16(22)21(17-6-4-2-3-5-7-17)10-8-18(23)19-9-11-20-12-14-24-15-13-20/h17H,2-15H2,1H3,(H,19,23). The highest BCUT2D eigenvalue weighted by molar-refractivity contribution is 5.78. The van der Waals surface area contributed by atoms with Crippen molar-refractivity contribution < 1.29 is 14.3 Å². The van der Waals surface area contributed by atoms with Crippen LogP contribution in [0.25, 0.3) is 0 Å². The molecule has 1 heterocycles. The summed E-state index contributed by atoms with van der Waals surface area (Å²) in [5, 5.41) is 2.98. The number of amides is 2. The number of hydrogen-bond donors (Lipinski definition) is 1. The molecule has 6 nitrogen and oxygen atoms in total. The highest BCUT2D eigenvalue weighted by Gasteiger charge is 2.22. The van der Waals surface area contributed by atoms with Gasteiger partial charge in [0, 0.05) is 52.1 Å². The Hall–Kier alpha value is -1.14. The lowest BCUT2D eigenvalue weighted by atomic mass is 10.1. The van der Waals surface area contributed by atoms with Crippen LogP contribution in [0.5, 0.6) is 0 Å². The fraction of sp³-hybridized carbons (Fsp3) is 0.889. The van der Waals surface area contributed by atoms with E-state index in [0.29, 0.717) is 25.6 Å². The molecule has 1 saturated carbocycles. The fourth-order valence-corrected chi connectivity index (χ4v) is 3.66. The van der Waals surface area contributed by atoms with Crippen molar-refractivity contribution in [2.24, 2.45) is 0 Å². The van der Waals surface area contributed by atoms with Gasteiger partial charge in [-0.1, -0.05) is 25.7 Å². The lowest BCUT2D eigenvalue weighted by molar-refractivity contribution is -0.132. The highest BCUT2D eigenvalue weighted by Crippen LogP contribution is 2.22. The van der Waals surface area contributed by atoms with Crippen molar-refractivity contribution in [2.75, 3.05) is 45.9 Å². The zero-order valence-corrected chi connectivity index (χ0v) is 15.1. The molecule has 6 heteroatoms. The largest absolute Gasteiger partial charge is 0.379 e. The van der Waals surface area contributed by atoms with Gasteiger partial charge in [0.05, 0.1) is 13.2 Å². The Morgan fingerprint density at radius 2 is 1.79 bits per heavy atom. The molecule has 24 heavy (non-hydrogen) atoms. The van der Waals surface area contributed by atoms with E-state index in [-0.39, 0.29) is 11.8 Å². The molecule has 0 aromatic heterocycles. The molecule has 2 rings (SSSR count). The molecule has 0 spiro atoms. The summed E-state index contributed by atoms with van der Waals surface area (Å²) in [5.41, 5.74) is 0. The number of carbonyl (C=O) groups excluding carboxylic acids is 2. The first-order valence-electron chi connectivity index (χ1n) is 9.51. The number of rotatable bonds is 7. The van der Waals surface area contributed by atoms with Crippen LogP contribution in [0, 0.1) is 0 Å². The second kappa shape index (κ2) is 10.7. The molecule has 0 unspecified atom stereocenters. The van der Waals surface area contributed by atoms with Gasteiger partial charge in [-0.05, 0) is 12.8 Å². The van der Waals surface area contributed by atoms with Crippen LogP contribution < -0.4 is 5.32 Å². The number of ether oxygens (including phenoxy) is 1. The highest BCUT2D eigenvalue weighted by atomic mass is 16.5. The van der Waals surface area contributed by atoms with Gasteiger partial charge in [0.25, 0.3) is 0 Å². The van der Waals surface area contributed by atoms with Crippen molar-refractivity contribution in [2.45, 2.75) is 57.9 Å². The number of hydrogen-bond acceptors (Lipinski definition) is 4. The normalized spacial score (nSPS) is 20.4. The van der Waals surface area contributed by atoms with Gasteiger partial charge in [-0.25, -0.2) is 0 Å². The third-order valence-corrected chi connectivity index (χ3v) is 5.10. The summed E-state index contributed by atoms with van der Waals surface area (Å²) in [6.07, 6.45) is 7.49. The molecule has 2 fully saturated rings. The van der Waals surface area contributed by atoms with Crippen molar-refractivity contribution in [1.82, 2.24) is 15.1 Å². The average Bonchev–Trinajstić information content (AvgIpc) is 2.85. The molecule has 0 radical (unpaired) electrons. The van der Waals surface area contributed by atoms with E-state index in [1.807, 2.05) is 4.90 Å². The van der Waals surface area contributed by atoms with Gasteiger partial charge in [-0.3, -0.25) is 14.5 Å². The van der Waals surface area contributed by atoms with Crippen molar-refractivity contribution in [3.63, 3.8) is 0 Å². The Balaban J connectivity index is 1.66.